The zero-order valence-corrected chi connectivity index (χ0v) is 12.9. The normalized spacial score (nSPS) is 15.4. The molecule has 1 aliphatic rings. The van der Waals surface area contributed by atoms with E-state index in [2.05, 4.69) is 15.0 Å². The van der Waals surface area contributed by atoms with Gasteiger partial charge in [-0.3, -0.25) is 10.1 Å². The Balaban J connectivity index is 1.80. The maximum Gasteiger partial charge on any atom is 0.333 e. The Bertz CT molecular complexity index is 697. The van der Waals surface area contributed by atoms with Gasteiger partial charge < -0.3 is 14.4 Å². The van der Waals surface area contributed by atoms with Gasteiger partial charge in [-0.25, -0.2) is 9.67 Å². The number of imidazole rings is 1. The fourth-order valence-corrected chi connectivity index (χ4v) is 2.98. The number of anilines is 2. The Kier molecular flexibility index (Phi) is 3.47. The molecule has 0 spiro atoms. The first-order valence-electron chi connectivity index (χ1n) is 7.14. The summed E-state index contributed by atoms with van der Waals surface area (Å²) in [5.74, 6) is 1.51. The van der Waals surface area contributed by atoms with Gasteiger partial charge in [-0.05, 0) is 6.92 Å². The van der Waals surface area contributed by atoms with E-state index in [1.54, 1.807) is 24.9 Å². The highest BCUT2D eigenvalue weighted by Gasteiger charge is 2.30. The highest BCUT2D eigenvalue weighted by Crippen LogP contribution is 2.31. The molecule has 3 rings (SSSR count). The molecule has 0 radical (unpaired) electrons. The summed E-state index contributed by atoms with van der Waals surface area (Å²) in [7, 11) is 3.71. The van der Waals surface area contributed by atoms with Crippen molar-refractivity contribution in [3.63, 3.8) is 0 Å². The molecule has 0 N–H and O–H groups in total. The van der Waals surface area contributed by atoms with Gasteiger partial charge in [0, 0.05) is 52.7 Å². The van der Waals surface area contributed by atoms with Gasteiger partial charge >= 0.3 is 5.69 Å². The molecule has 0 aromatic carbocycles. The van der Waals surface area contributed by atoms with Gasteiger partial charge in [0.05, 0.1) is 4.92 Å². The third-order valence-corrected chi connectivity index (χ3v) is 4.00. The van der Waals surface area contributed by atoms with Crippen molar-refractivity contribution in [2.45, 2.75) is 6.92 Å². The molecule has 1 saturated heterocycles. The van der Waals surface area contributed by atoms with E-state index in [1.165, 1.54) is 0 Å². The lowest BCUT2D eigenvalue weighted by Gasteiger charge is -2.35. The first-order chi connectivity index (χ1) is 10.5. The van der Waals surface area contributed by atoms with E-state index >= 15 is 0 Å². The Labute approximate surface area is 127 Å². The summed E-state index contributed by atoms with van der Waals surface area (Å²) in [4.78, 5) is 19.5. The predicted molar refractivity (Wildman–Crippen MR) is 82.2 cm³/mol. The van der Waals surface area contributed by atoms with Crippen LogP contribution in [-0.2, 0) is 14.1 Å². The first-order valence-corrected chi connectivity index (χ1v) is 7.14. The average Bonchev–Trinajstić information content (AvgIpc) is 3.02. The van der Waals surface area contributed by atoms with E-state index in [0.717, 1.165) is 19.0 Å². The molecule has 1 fully saturated rings. The van der Waals surface area contributed by atoms with Gasteiger partial charge in [0.2, 0.25) is 11.8 Å². The van der Waals surface area contributed by atoms with E-state index in [4.69, 9.17) is 0 Å². The first kappa shape index (κ1) is 14.4. The van der Waals surface area contributed by atoms with Gasteiger partial charge in [0.25, 0.3) is 0 Å². The van der Waals surface area contributed by atoms with Crippen LogP contribution in [0.15, 0.2) is 12.4 Å². The van der Waals surface area contributed by atoms with Crippen molar-refractivity contribution in [1.29, 1.82) is 0 Å². The van der Waals surface area contributed by atoms with E-state index in [1.807, 2.05) is 22.7 Å². The lowest BCUT2D eigenvalue weighted by Crippen LogP contribution is -2.48. The van der Waals surface area contributed by atoms with Crippen molar-refractivity contribution in [2.75, 3.05) is 36.0 Å². The van der Waals surface area contributed by atoms with Crippen molar-refractivity contribution in [1.82, 2.24) is 19.3 Å². The van der Waals surface area contributed by atoms with E-state index in [-0.39, 0.29) is 10.6 Å². The summed E-state index contributed by atoms with van der Waals surface area (Å²) in [6, 6.07) is 0. The summed E-state index contributed by atoms with van der Waals surface area (Å²) < 4.78 is 3.58. The van der Waals surface area contributed by atoms with Gasteiger partial charge in [-0.15, -0.1) is 0 Å². The minimum atomic E-state index is -0.344. The number of hydrogen-bond donors (Lipinski definition) is 0. The second kappa shape index (κ2) is 5.32. The SMILES string of the molecule is Cc1nn(C)c(N2CCN(c3nccn3C)CC2)c1[N+](=O)[O-]. The minimum absolute atomic E-state index is 0.105. The van der Waals surface area contributed by atoms with E-state index in [9.17, 15) is 10.1 Å². The van der Waals surface area contributed by atoms with Crippen LogP contribution in [0.3, 0.4) is 0 Å². The Morgan fingerprint density at radius 2 is 1.82 bits per heavy atom. The summed E-state index contributed by atoms with van der Waals surface area (Å²) in [6.07, 6.45) is 3.69. The molecule has 22 heavy (non-hydrogen) atoms. The lowest BCUT2D eigenvalue weighted by molar-refractivity contribution is -0.384. The Morgan fingerprint density at radius 3 is 2.36 bits per heavy atom. The summed E-state index contributed by atoms with van der Waals surface area (Å²) in [5, 5.41) is 15.5. The topological polar surface area (TPSA) is 85.3 Å². The molecule has 9 nitrogen and oxygen atoms in total. The standard InChI is InChI=1S/C13H19N7O2/c1-10-11(20(21)22)12(17(3)15-10)18-6-8-19(9-7-18)13-14-4-5-16(13)2/h4-5H,6-9H2,1-3H3. The van der Waals surface area contributed by atoms with Gasteiger partial charge in [0.15, 0.2) is 0 Å². The van der Waals surface area contributed by atoms with Crippen molar-refractivity contribution >= 4 is 17.5 Å². The molecular weight excluding hydrogens is 286 g/mol. The number of nitrogens with zero attached hydrogens (tertiary/aromatic N) is 7. The number of hydrogen-bond acceptors (Lipinski definition) is 6. The summed E-state index contributed by atoms with van der Waals surface area (Å²) in [6.45, 7) is 4.61. The van der Waals surface area contributed by atoms with Crippen LogP contribution in [0, 0.1) is 17.0 Å². The smallest absolute Gasteiger partial charge is 0.333 e. The summed E-state index contributed by atoms with van der Waals surface area (Å²) in [5.41, 5.74) is 0.557. The van der Waals surface area contributed by atoms with Crippen molar-refractivity contribution in [2.24, 2.45) is 14.1 Å². The molecule has 118 valence electrons. The molecule has 0 amide bonds. The molecule has 0 bridgehead atoms. The minimum Gasteiger partial charge on any atom is -0.348 e. The molecule has 2 aromatic heterocycles. The molecule has 0 aliphatic carbocycles. The van der Waals surface area contributed by atoms with Gasteiger partial charge in [-0.2, -0.15) is 5.10 Å². The third kappa shape index (κ3) is 2.28. The van der Waals surface area contributed by atoms with E-state index in [0.29, 0.717) is 24.6 Å². The maximum absolute atomic E-state index is 11.3. The number of piperazine rings is 1. The van der Waals surface area contributed by atoms with Crippen molar-refractivity contribution in [3.05, 3.63) is 28.2 Å². The molecule has 3 heterocycles. The molecule has 0 atom stereocenters. The fourth-order valence-electron chi connectivity index (χ4n) is 2.98. The second-order valence-corrected chi connectivity index (χ2v) is 5.45. The fraction of sp³-hybridized carbons (Fsp3) is 0.538. The molecule has 9 heteroatoms. The Hall–Kier alpha value is -2.58. The molecule has 1 aliphatic heterocycles. The lowest BCUT2D eigenvalue weighted by atomic mass is 10.3. The zero-order valence-electron chi connectivity index (χ0n) is 12.9. The highest BCUT2D eigenvalue weighted by molar-refractivity contribution is 5.62. The van der Waals surface area contributed by atoms with Crippen LogP contribution in [-0.4, -0.2) is 50.4 Å². The number of aromatic nitrogens is 4. The van der Waals surface area contributed by atoms with Crippen molar-refractivity contribution in [3.8, 4) is 0 Å². The van der Waals surface area contributed by atoms with Crippen LogP contribution in [0.25, 0.3) is 0 Å². The monoisotopic (exact) mass is 305 g/mol. The predicted octanol–water partition coefficient (Wildman–Crippen LogP) is 0.697. The van der Waals surface area contributed by atoms with Gasteiger partial charge in [-0.1, -0.05) is 0 Å². The van der Waals surface area contributed by atoms with Crippen LogP contribution in [0.4, 0.5) is 17.5 Å². The van der Waals surface area contributed by atoms with Gasteiger partial charge in [0.1, 0.15) is 5.69 Å². The van der Waals surface area contributed by atoms with Crippen LogP contribution >= 0.6 is 0 Å². The third-order valence-electron chi connectivity index (χ3n) is 4.00. The Morgan fingerprint density at radius 1 is 1.18 bits per heavy atom. The number of rotatable bonds is 3. The maximum atomic E-state index is 11.3. The summed E-state index contributed by atoms with van der Waals surface area (Å²) >= 11 is 0. The quantitative estimate of drug-likeness (QED) is 0.613. The highest BCUT2D eigenvalue weighted by atomic mass is 16.6. The largest absolute Gasteiger partial charge is 0.348 e. The van der Waals surface area contributed by atoms with Crippen molar-refractivity contribution < 1.29 is 4.92 Å². The second-order valence-electron chi connectivity index (χ2n) is 5.45. The molecule has 0 saturated carbocycles. The average molecular weight is 305 g/mol. The molecule has 0 unspecified atom stereocenters. The molecular formula is C13H19N7O2. The number of aryl methyl sites for hydroxylation is 3. The van der Waals surface area contributed by atoms with Crippen LogP contribution < -0.4 is 9.80 Å². The van der Waals surface area contributed by atoms with E-state index < -0.39 is 0 Å². The van der Waals surface area contributed by atoms with Crippen LogP contribution in [0.2, 0.25) is 0 Å². The zero-order chi connectivity index (χ0) is 15.9. The van der Waals surface area contributed by atoms with Crippen LogP contribution in [0.1, 0.15) is 5.69 Å². The van der Waals surface area contributed by atoms with Crippen LogP contribution in [0.5, 0.6) is 0 Å². The number of nitro groups is 1. The molecule has 2 aromatic rings.